The Hall–Kier alpha value is -4.31. The highest BCUT2D eigenvalue weighted by Gasteiger charge is 2.19. The molecular weight excluding hydrogens is 492 g/mol. The van der Waals surface area contributed by atoms with Crippen molar-refractivity contribution in [3.05, 3.63) is 99.2 Å². The van der Waals surface area contributed by atoms with Crippen molar-refractivity contribution in [3.63, 3.8) is 0 Å². The van der Waals surface area contributed by atoms with Gasteiger partial charge < -0.3 is 14.6 Å². The largest absolute Gasteiger partial charge is 0.457 e. The van der Waals surface area contributed by atoms with E-state index in [1.54, 1.807) is 41.0 Å². The molecule has 8 nitrogen and oxygen atoms in total. The van der Waals surface area contributed by atoms with E-state index in [2.05, 4.69) is 20.4 Å². The first-order valence-corrected chi connectivity index (χ1v) is 11.3. The monoisotopic (exact) mass is 509 g/mol. The number of ether oxygens (including phenoxy) is 1. The number of hydrogen-bond donors (Lipinski definition) is 1. The standard InChI is InChI=1S/C25H18ClF2N5O3/c1-2-19-22-23(34)31-25(33(24(22)36-32-19)13-14-3-5-15(26)6-4-14)29-16-7-9-17(10-8-16)35-18-11-20(27)30-21(28)12-18/h3-12H,2,13H2,1H3,(H,29,31,34). The summed E-state index contributed by atoms with van der Waals surface area (Å²) < 4.78 is 39.4. The van der Waals surface area contributed by atoms with Crippen LogP contribution in [0.4, 0.5) is 20.4 Å². The van der Waals surface area contributed by atoms with Gasteiger partial charge in [0.15, 0.2) is 0 Å². The third kappa shape index (κ3) is 4.89. The zero-order valence-electron chi connectivity index (χ0n) is 18.8. The van der Waals surface area contributed by atoms with E-state index in [4.69, 9.17) is 20.9 Å². The number of halogens is 3. The molecule has 3 heterocycles. The molecule has 5 aromatic rings. The molecule has 36 heavy (non-hydrogen) atoms. The van der Waals surface area contributed by atoms with Crippen molar-refractivity contribution in [2.45, 2.75) is 19.9 Å². The molecule has 0 unspecified atom stereocenters. The zero-order valence-corrected chi connectivity index (χ0v) is 19.6. The van der Waals surface area contributed by atoms with Gasteiger partial charge in [0.2, 0.25) is 23.6 Å². The molecule has 11 heteroatoms. The summed E-state index contributed by atoms with van der Waals surface area (Å²) in [5, 5.41) is 8.11. The average molecular weight is 510 g/mol. The molecule has 1 N–H and O–H groups in total. The molecule has 0 saturated carbocycles. The maximum atomic E-state index is 13.3. The SMILES string of the molecule is CCc1noc2c1c(=O)nc(Nc1ccc(Oc3cc(F)nc(F)c3)cc1)n2Cc1ccc(Cl)cc1. The smallest absolute Gasteiger partial charge is 0.287 e. The minimum absolute atomic E-state index is 0.0262. The van der Waals surface area contributed by atoms with E-state index in [1.165, 1.54) is 0 Å². The fourth-order valence-corrected chi connectivity index (χ4v) is 3.78. The van der Waals surface area contributed by atoms with Crippen molar-refractivity contribution in [1.29, 1.82) is 0 Å². The molecule has 0 bridgehead atoms. The highest BCUT2D eigenvalue weighted by molar-refractivity contribution is 6.30. The first-order valence-electron chi connectivity index (χ1n) is 10.9. The van der Waals surface area contributed by atoms with Crippen LogP contribution in [-0.2, 0) is 13.0 Å². The average Bonchev–Trinajstić information content (AvgIpc) is 3.28. The maximum Gasteiger partial charge on any atom is 0.287 e. The van der Waals surface area contributed by atoms with E-state index in [0.29, 0.717) is 46.2 Å². The molecule has 0 atom stereocenters. The number of nitrogens with one attached hydrogen (secondary N) is 1. The molecular formula is C25H18ClF2N5O3. The molecule has 0 radical (unpaired) electrons. The van der Waals surface area contributed by atoms with E-state index >= 15 is 0 Å². The summed E-state index contributed by atoms with van der Waals surface area (Å²) >= 11 is 6.02. The summed E-state index contributed by atoms with van der Waals surface area (Å²) in [6.45, 7) is 2.22. The van der Waals surface area contributed by atoms with Crippen LogP contribution in [0.25, 0.3) is 11.1 Å². The van der Waals surface area contributed by atoms with Gasteiger partial charge in [0.1, 0.15) is 16.9 Å². The second-order valence-corrected chi connectivity index (χ2v) is 8.25. The van der Waals surface area contributed by atoms with Crippen LogP contribution in [-0.4, -0.2) is 19.7 Å². The van der Waals surface area contributed by atoms with Gasteiger partial charge in [-0.05, 0) is 48.4 Å². The molecule has 0 spiro atoms. The summed E-state index contributed by atoms with van der Waals surface area (Å²) in [6.07, 6.45) is 0.518. The Morgan fingerprint density at radius 2 is 1.69 bits per heavy atom. The number of nitrogens with zero attached hydrogens (tertiary/aromatic N) is 4. The number of fused-ring (bicyclic) bond motifs is 1. The summed E-state index contributed by atoms with van der Waals surface area (Å²) in [5.41, 5.74) is 1.86. The lowest BCUT2D eigenvalue weighted by molar-refractivity contribution is 0.427. The number of benzene rings is 2. The molecule has 0 aliphatic heterocycles. The predicted molar refractivity (Wildman–Crippen MR) is 130 cm³/mol. The van der Waals surface area contributed by atoms with Gasteiger partial charge in [0.25, 0.3) is 5.56 Å². The molecule has 3 aromatic heterocycles. The maximum absolute atomic E-state index is 13.3. The van der Waals surface area contributed by atoms with E-state index in [1.807, 2.05) is 19.1 Å². The number of pyridine rings is 1. The summed E-state index contributed by atoms with van der Waals surface area (Å²) in [4.78, 5) is 20.1. The molecule has 2 aromatic carbocycles. The lowest BCUT2D eigenvalue weighted by Crippen LogP contribution is -2.18. The van der Waals surface area contributed by atoms with Crippen LogP contribution in [0.3, 0.4) is 0 Å². The fraction of sp³-hybridized carbons (Fsp3) is 0.120. The number of aryl methyl sites for hydroxylation is 1. The van der Waals surface area contributed by atoms with Crippen molar-refractivity contribution >= 4 is 34.3 Å². The number of aromatic nitrogens is 4. The Bertz CT molecular complexity index is 1580. The summed E-state index contributed by atoms with van der Waals surface area (Å²) in [7, 11) is 0. The topological polar surface area (TPSA) is 95.1 Å². The summed E-state index contributed by atoms with van der Waals surface area (Å²) in [5.74, 6) is -1.41. The van der Waals surface area contributed by atoms with Crippen LogP contribution in [0.15, 0.2) is 70.0 Å². The van der Waals surface area contributed by atoms with Crippen molar-refractivity contribution in [3.8, 4) is 11.5 Å². The Morgan fingerprint density at radius 3 is 2.36 bits per heavy atom. The number of anilines is 2. The highest BCUT2D eigenvalue weighted by atomic mass is 35.5. The lowest BCUT2D eigenvalue weighted by Gasteiger charge is -2.15. The van der Waals surface area contributed by atoms with Crippen molar-refractivity contribution in [2.24, 2.45) is 0 Å². The molecule has 0 aliphatic rings. The second-order valence-electron chi connectivity index (χ2n) is 7.82. The van der Waals surface area contributed by atoms with Crippen LogP contribution >= 0.6 is 11.6 Å². The van der Waals surface area contributed by atoms with Crippen LogP contribution in [0.2, 0.25) is 5.02 Å². The van der Waals surface area contributed by atoms with Gasteiger partial charge in [-0.25, -0.2) is 0 Å². The van der Waals surface area contributed by atoms with E-state index in [9.17, 15) is 13.6 Å². The Morgan fingerprint density at radius 1 is 1.00 bits per heavy atom. The Kier molecular flexibility index (Phi) is 6.34. The number of hydrogen-bond acceptors (Lipinski definition) is 7. The third-order valence-corrected chi connectivity index (χ3v) is 5.59. The van der Waals surface area contributed by atoms with Gasteiger partial charge in [0, 0.05) is 22.8 Å². The minimum Gasteiger partial charge on any atom is -0.457 e. The Labute approximate surface area is 208 Å². The van der Waals surface area contributed by atoms with Gasteiger partial charge >= 0.3 is 0 Å². The highest BCUT2D eigenvalue weighted by Crippen LogP contribution is 2.26. The third-order valence-electron chi connectivity index (χ3n) is 5.34. The van der Waals surface area contributed by atoms with E-state index in [0.717, 1.165) is 17.7 Å². The number of rotatable bonds is 7. The van der Waals surface area contributed by atoms with Crippen molar-refractivity contribution in [2.75, 3.05) is 5.32 Å². The zero-order chi connectivity index (χ0) is 25.2. The molecule has 0 saturated heterocycles. The van der Waals surface area contributed by atoms with Gasteiger partial charge in [-0.2, -0.15) is 18.7 Å². The summed E-state index contributed by atoms with van der Waals surface area (Å²) in [6, 6.07) is 15.8. The van der Waals surface area contributed by atoms with E-state index in [-0.39, 0.29) is 11.7 Å². The molecule has 5 rings (SSSR count). The second kappa shape index (κ2) is 9.74. The van der Waals surface area contributed by atoms with Crippen LogP contribution in [0.1, 0.15) is 18.2 Å². The molecule has 182 valence electrons. The Balaban J connectivity index is 1.47. The quantitative estimate of drug-likeness (QED) is 0.275. The first-order chi connectivity index (χ1) is 17.4. The lowest BCUT2D eigenvalue weighted by atomic mass is 10.2. The van der Waals surface area contributed by atoms with Gasteiger partial charge in [-0.1, -0.05) is 35.8 Å². The van der Waals surface area contributed by atoms with Crippen LogP contribution in [0, 0.1) is 11.9 Å². The molecule has 0 amide bonds. The predicted octanol–water partition coefficient (Wildman–Crippen LogP) is 5.86. The van der Waals surface area contributed by atoms with Crippen molar-refractivity contribution in [1.82, 2.24) is 19.7 Å². The molecule has 0 aliphatic carbocycles. The first kappa shape index (κ1) is 23.4. The fourth-order valence-electron chi connectivity index (χ4n) is 3.65. The van der Waals surface area contributed by atoms with Gasteiger partial charge in [-0.3, -0.25) is 9.36 Å². The van der Waals surface area contributed by atoms with Crippen LogP contribution < -0.4 is 15.6 Å². The molecule has 0 fully saturated rings. The minimum atomic E-state index is -0.984. The van der Waals surface area contributed by atoms with E-state index < -0.39 is 17.5 Å². The van der Waals surface area contributed by atoms with Gasteiger partial charge in [-0.15, -0.1) is 0 Å². The van der Waals surface area contributed by atoms with Gasteiger partial charge in [0.05, 0.1) is 12.2 Å². The normalized spacial score (nSPS) is 11.1. The van der Waals surface area contributed by atoms with Crippen LogP contribution in [0.5, 0.6) is 11.5 Å². The van der Waals surface area contributed by atoms with Crippen molar-refractivity contribution < 1.29 is 18.0 Å².